The van der Waals surface area contributed by atoms with Crippen molar-refractivity contribution in [3.63, 3.8) is 0 Å². The van der Waals surface area contributed by atoms with Crippen LogP contribution in [-0.4, -0.2) is 51.4 Å². The number of benzene rings is 2. The van der Waals surface area contributed by atoms with Crippen molar-refractivity contribution in [2.24, 2.45) is 10.9 Å². The van der Waals surface area contributed by atoms with Crippen molar-refractivity contribution in [2.75, 3.05) is 45.2 Å². The van der Waals surface area contributed by atoms with Gasteiger partial charge in [-0.25, -0.2) is 0 Å². The Kier molecular flexibility index (Phi) is 6.94. The first-order valence-corrected chi connectivity index (χ1v) is 11.5. The molecule has 7 heteroatoms. The van der Waals surface area contributed by atoms with Gasteiger partial charge in [-0.05, 0) is 42.0 Å². The van der Waals surface area contributed by atoms with E-state index in [9.17, 15) is 5.11 Å². The molecule has 1 aliphatic rings. The standard InChI is InChI=1S/C24H30N4O2S/c1-25-24(27-15-20(29)23-13-18-7-3-6-10-22(18)31-23)26-14-17-11-12-28(16-17)19-8-4-5-9-21(19)30-2/h3-10,13,17,20,29H,11-12,14-16H2,1-2H3,(H2,25,26,27). The number of aliphatic imine (C=N–C) groups is 1. The fourth-order valence-electron chi connectivity index (χ4n) is 4.03. The zero-order valence-corrected chi connectivity index (χ0v) is 18.9. The number of aliphatic hydroxyl groups is 1. The molecule has 3 aromatic rings. The second-order valence-electron chi connectivity index (χ2n) is 7.81. The molecule has 2 heterocycles. The molecule has 31 heavy (non-hydrogen) atoms. The Labute approximate surface area is 187 Å². The number of guanidine groups is 1. The molecule has 0 saturated carbocycles. The molecule has 1 aliphatic heterocycles. The SMILES string of the molecule is CN=C(NCC1CCN(c2ccccc2OC)C1)NCC(O)c1cc2ccccc2s1. The third-order valence-corrected chi connectivity index (χ3v) is 6.95. The van der Waals surface area contributed by atoms with Gasteiger partial charge in [0.1, 0.15) is 11.9 Å². The number of nitrogens with zero attached hydrogens (tertiary/aromatic N) is 2. The Hall–Kier alpha value is -2.77. The smallest absolute Gasteiger partial charge is 0.191 e. The number of para-hydroxylation sites is 2. The molecule has 1 saturated heterocycles. The zero-order valence-electron chi connectivity index (χ0n) is 18.0. The molecule has 0 radical (unpaired) electrons. The van der Waals surface area contributed by atoms with E-state index in [1.807, 2.05) is 24.3 Å². The maximum atomic E-state index is 10.6. The molecule has 1 fully saturated rings. The molecule has 0 aliphatic carbocycles. The second kappa shape index (κ2) is 10.0. The van der Waals surface area contributed by atoms with E-state index in [0.29, 0.717) is 12.5 Å². The number of thiophene rings is 1. The predicted octanol–water partition coefficient (Wildman–Crippen LogP) is 3.63. The highest BCUT2D eigenvalue weighted by Crippen LogP contribution is 2.32. The van der Waals surface area contributed by atoms with Crippen molar-refractivity contribution in [1.29, 1.82) is 0 Å². The number of aliphatic hydroxyl groups excluding tert-OH is 1. The lowest BCUT2D eigenvalue weighted by molar-refractivity contribution is 0.184. The molecule has 1 aromatic heterocycles. The van der Waals surface area contributed by atoms with Crippen LogP contribution in [0.25, 0.3) is 10.1 Å². The molecule has 6 nitrogen and oxygen atoms in total. The monoisotopic (exact) mass is 438 g/mol. The first-order chi connectivity index (χ1) is 15.2. The fraction of sp³-hybridized carbons (Fsp3) is 0.375. The molecule has 4 rings (SSSR count). The van der Waals surface area contributed by atoms with Gasteiger partial charge in [-0.2, -0.15) is 0 Å². The summed E-state index contributed by atoms with van der Waals surface area (Å²) >= 11 is 1.63. The van der Waals surface area contributed by atoms with Gasteiger partial charge in [-0.15, -0.1) is 11.3 Å². The summed E-state index contributed by atoms with van der Waals surface area (Å²) in [6, 6.07) is 18.4. The number of hydrogen-bond donors (Lipinski definition) is 3. The summed E-state index contributed by atoms with van der Waals surface area (Å²) in [4.78, 5) is 7.66. The van der Waals surface area contributed by atoms with Crippen molar-refractivity contribution in [2.45, 2.75) is 12.5 Å². The highest BCUT2D eigenvalue weighted by Gasteiger charge is 2.24. The number of fused-ring (bicyclic) bond motifs is 1. The van der Waals surface area contributed by atoms with Crippen LogP contribution >= 0.6 is 11.3 Å². The number of nitrogens with one attached hydrogen (secondary N) is 2. The van der Waals surface area contributed by atoms with Crippen LogP contribution in [0.5, 0.6) is 5.75 Å². The van der Waals surface area contributed by atoms with Gasteiger partial charge in [0.05, 0.1) is 12.8 Å². The highest BCUT2D eigenvalue weighted by atomic mass is 32.1. The van der Waals surface area contributed by atoms with Crippen molar-refractivity contribution >= 4 is 33.1 Å². The lowest BCUT2D eigenvalue weighted by Gasteiger charge is -2.21. The van der Waals surface area contributed by atoms with Crippen LogP contribution in [-0.2, 0) is 0 Å². The van der Waals surface area contributed by atoms with Crippen molar-refractivity contribution < 1.29 is 9.84 Å². The molecule has 2 unspecified atom stereocenters. The van der Waals surface area contributed by atoms with Crippen LogP contribution in [0.1, 0.15) is 17.4 Å². The average Bonchev–Trinajstić information content (AvgIpc) is 3.46. The van der Waals surface area contributed by atoms with Crippen LogP contribution in [0.2, 0.25) is 0 Å². The summed E-state index contributed by atoms with van der Waals surface area (Å²) in [5.74, 6) is 2.16. The van der Waals surface area contributed by atoms with E-state index < -0.39 is 6.10 Å². The lowest BCUT2D eigenvalue weighted by atomic mass is 10.1. The average molecular weight is 439 g/mol. The summed E-state index contributed by atoms with van der Waals surface area (Å²) in [6.45, 7) is 3.26. The van der Waals surface area contributed by atoms with E-state index in [0.717, 1.165) is 48.3 Å². The van der Waals surface area contributed by atoms with Crippen molar-refractivity contribution in [1.82, 2.24) is 10.6 Å². The highest BCUT2D eigenvalue weighted by molar-refractivity contribution is 7.19. The van der Waals surface area contributed by atoms with E-state index >= 15 is 0 Å². The Balaban J connectivity index is 1.26. The van der Waals surface area contributed by atoms with E-state index in [2.05, 4.69) is 50.9 Å². The number of methoxy groups -OCH3 is 1. The van der Waals surface area contributed by atoms with Crippen LogP contribution in [0, 0.1) is 5.92 Å². The van der Waals surface area contributed by atoms with Crippen LogP contribution in [0.4, 0.5) is 5.69 Å². The Morgan fingerprint density at radius 2 is 2.03 bits per heavy atom. The maximum Gasteiger partial charge on any atom is 0.191 e. The Bertz CT molecular complexity index is 1000. The molecule has 2 atom stereocenters. The number of rotatable bonds is 7. The van der Waals surface area contributed by atoms with Gasteiger partial charge in [0.25, 0.3) is 0 Å². The second-order valence-corrected chi connectivity index (χ2v) is 8.92. The fourth-order valence-corrected chi connectivity index (χ4v) is 5.08. The third-order valence-electron chi connectivity index (χ3n) is 5.73. The van der Waals surface area contributed by atoms with E-state index in [1.54, 1.807) is 25.5 Å². The van der Waals surface area contributed by atoms with Gasteiger partial charge in [0.15, 0.2) is 5.96 Å². The normalized spacial score (nSPS) is 17.7. The molecule has 0 spiro atoms. The van der Waals surface area contributed by atoms with Gasteiger partial charge >= 0.3 is 0 Å². The van der Waals surface area contributed by atoms with Crippen LogP contribution < -0.4 is 20.3 Å². The molecule has 164 valence electrons. The maximum absolute atomic E-state index is 10.6. The zero-order chi connectivity index (χ0) is 21.6. The molecule has 2 aromatic carbocycles. The molecule has 0 bridgehead atoms. The Morgan fingerprint density at radius 3 is 2.84 bits per heavy atom. The number of anilines is 1. The topological polar surface area (TPSA) is 69.1 Å². The third kappa shape index (κ3) is 5.11. The first-order valence-electron chi connectivity index (χ1n) is 10.7. The van der Waals surface area contributed by atoms with Crippen molar-refractivity contribution in [3.05, 3.63) is 59.5 Å². The molecular formula is C24H30N4O2S. The predicted molar refractivity (Wildman–Crippen MR) is 129 cm³/mol. The van der Waals surface area contributed by atoms with Crippen LogP contribution in [0.15, 0.2) is 59.6 Å². The summed E-state index contributed by atoms with van der Waals surface area (Å²) in [7, 11) is 3.48. The van der Waals surface area contributed by atoms with E-state index in [-0.39, 0.29) is 0 Å². The van der Waals surface area contributed by atoms with E-state index in [4.69, 9.17) is 4.74 Å². The minimum absolute atomic E-state index is 0.421. The van der Waals surface area contributed by atoms with E-state index in [1.165, 1.54) is 10.1 Å². The van der Waals surface area contributed by atoms with Gasteiger partial charge in [-0.3, -0.25) is 4.99 Å². The molecule has 0 amide bonds. The minimum Gasteiger partial charge on any atom is -0.495 e. The first kappa shape index (κ1) is 21.5. The Morgan fingerprint density at radius 1 is 1.23 bits per heavy atom. The van der Waals surface area contributed by atoms with Gasteiger partial charge in [-0.1, -0.05) is 30.3 Å². The largest absolute Gasteiger partial charge is 0.495 e. The van der Waals surface area contributed by atoms with Crippen molar-refractivity contribution in [3.8, 4) is 5.75 Å². The van der Waals surface area contributed by atoms with Gasteiger partial charge in [0.2, 0.25) is 0 Å². The van der Waals surface area contributed by atoms with Gasteiger partial charge < -0.3 is 25.4 Å². The summed E-state index contributed by atoms with van der Waals surface area (Å²) in [6.07, 6.45) is 0.551. The summed E-state index contributed by atoms with van der Waals surface area (Å²) in [5.41, 5.74) is 1.15. The molecule has 3 N–H and O–H groups in total. The summed E-state index contributed by atoms with van der Waals surface area (Å²) < 4.78 is 6.70. The minimum atomic E-state index is -0.566. The van der Waals surface area contributed by atoms with Gasteiger partial charge in [0, 0.05) is 42.8 Å². The van der Waals surface area contributed by atoms with Crippen LogP contribution in [0.3, 0.4) is 0 Å². The lowest BCUT2D eigenvalue weighted by Crippen LogP contribution is -2.41. The number of ether oxygens (including phenoxy) is 1. The quantitative estimate of drug-likeness (QED) is 0.388. The summed E-state index contributed by atoms with van der Waals surface area (Å²) in [5, 5.41) is 18.5. The number of hydrogen-bond acceptors (Lipinski definition) is 5. The molecular weight excluding hydrogens is 408 g/mol.